The lowest BCUT2D eigenvalue weighted by atomic mass is 10.1. The van der Waals surface area contributed by atoms with Crippen molar-refractivity contribution < 1.29 is 12.8 Å². The Morgan fingerprint density at radius 3 is 2.33 bits per heavy atom. The Bertz CT molecular complexity index is 774. The summed E-state index contributed by atoms with van der Waals surface area (Å²) < 4.78 is 38.1. The minimum absolute atomic E-state index is 0.0862. The Morgan fingerprint density at radius 1 is 1.24 bits per heavy atom. The predicted octanol–water partition coefficient (Wildman–Crippen LogP) is 3.31. The standard InChI is InChI=1S/C14H14ClFN2O2S/c1-8(2)21(19,20)10-5-3-9(4-6-10)11-7-18-14(17)12(15)13(11)16/h3-8H,1-2H3,(H2,17,18). The lowest BCUT2D eigenvalue weighted by Gasteiger charge is -2.10. The number of rotatable bonds is 3. The van der Waals surface area contributed by atoms with Crippen LogP contribution in [0.3, 0.4) is 0 Å². The summed E-state index contributed by atoms with van der Waals surface area (Å²) in [5.74, 6) is -0.763. The van der Waals surface area contributed by atoms with Gasteiger partial charge in [-0.1, -0.05) is 23.7 Å². The second-order valence-electron chi connectivity index (χ2n) is 4.80. The van der Waals surface area contributed by atoms with Crippen molar-refractivity contribution >= 4 is 27.3 Å². The first-order chi connectivity index (χ1) is 9.75. The van der Waals surface area contributed by atoms with Crippen molar-refractivity contribution in [2.75, 3.05) is 5.73 Å². The molecule has 112 valence electrons. The van der Waals surface area contributed by atoms with Crippen molar-refractivity contribution in [2.45, 2.75) is 24.0 Å². The number of anilines is 1. The zero-order valence-electron chi connectivity index (χ0n) is 11.5. The molecule has 0 amide bonds. The van der Waals surface area contributed by atoms with Gasteiger partial charge < -0.3 is 5.73 Å². The fourth-order valence-electron chi connectivity index (χ4n) is 1.78. The largest absolute Gasteiger partial charge is 0.382 e. The molecule has 1 aromatic heterocycles. The number of nitrogens with two attached hydrogens (primary N) is 1. The summed E-state index contributed by atoms with van der Waals surface area (Å²) in [6.07, 6.45) is 1.27. The van der Waals surface area contributed by atoms with Crippen molar-refractivity contribution in [3.8, 4) is 11.1 Å². The molecular weight excluding hydrogens is 315 g/mol. The Morgan fingerprint density at radius 2 is 1.81 bits per heavy atom. The van der Waals surface area contributed by atoms with Gasteiger partial charge in [0.05, 0.1) is 10.1 Å². The van der Waals surface area contributed by atoms with Crippen molar-refractivity contribution in [3.05, 3.63) is 41.3 Å². The average Bonchev–Trinajstić information content (AvgIpc) is 2.45. The van der Waals surface area contributed by atoms with Crippen LogP contribution in [0.1, 0.15) is 13.8 Å². The first-order valence-electron chi connectivity index (χ1n) is 6.19. The van der Waals surface area contributed by atoms with Gasteiger partial charge in [-0.3, -0.25) is 0 Å². The molecule has 1 aromatic carbocycles. The van der Waals surface area contributed by atoms with Crippen LogP contribution in [0.2, 0.25) is 5.02 Å². The third-order valence-corrected chi connectivity index (χ3v) is 5.63. The number of benzene rings is 1. The monoisotopic (exact) mass is 328 g/mol. The summed E-state index contributed by atoms with van der Waals surface area (Å²) in [6.45, 7) is 3.21. The summed E-state index contributed by atoms with van der Waals surface area (Å²) in [4.78, 5) is 3.99. The maximum atomic E-state index is 14.0. The van der Waals surface area contributed by atoms with Crippen molar-refractivity contribution in [2.24, 2.45) is 0 Å². The highest BCUT2D eigenvalue weighted by Gasteiger charge is 2.19. The Balaban J connectivity index is 2.48. The lowest BCUT2D eigenvalue weighted by Crippen LogP contribution is -2.13. The average molecular weight is 329 g/mol. The maximum absolute atomic E-state index is 14.0. The van der Waals surface area contributed by atoms with E-state index in [0.29, 0.717) is 5.56 Å². The molecule has 0 unspecified atom stereocenters. The second kappa shape index (κ2) is 5.61. The number of hydrogen-bond donors (Lipinski definition) is 1. The molecule has 2 aromatic rings. The highest BCUT2D eigenvalue weighted by atomic mass is 35.5. The van der Waals surface area contributed by atoms with Gasteiger partial charge in [-0.05, 0) is 31.5 Å². The summed E-state index contributed by atoms with van der Waals surface area (Å²) in [7, 11) is -3.36. The molecule has 7 heteroatoms. The van der Waals surface area contributed by atoms with Gasteiger partial charge in [0.2, 0.25) is 0 Å². The van der Waals surface area contributed by atoms with E-state index in [1.807, 2.05) is 0 Å². The van der Waals surface area contributed by atoms with Crippen LogP contribution < -0.4 is 5.73 Å². The summed E-state index contributed by atoms with van der Waals surface area (Å²) in [5, 5.41) is -0.765. The van der Waals surface area contributed by atoms with E-state index in [4.69, 9.17) is 17.3 Å². The minimum atomic E-state index is -3.36. The van der Waals surface area contributed by atoms with Gasteiger partial charge in [0.15, 0.2) is 15.7 Å². The molecule has 0 atom stereocenters. The number of sulfone groups is 1. The molecule has 0 bridgehead atoms. The van der Waals surface area contributed by atoms with Gasteiger partial charge in [0, 0.05) is 11.8 Å². The molecule has 0 saturated heterocycles. The second-order valence-corrected chi connectivity index (χ2v) is 7.69. The van der Waals surface area contributed by atoms with Crippen molar-refractivity contribution in [1.29, 1.82) is 0 Å². The third kappa shape index (κ3) is 2.87. The number of nitrogen functional groups attached to an aromatic ring is 1. The molecule has 0 aliphatic carbocycles. The van der Waals surface area contributed by atoms with E-state index in [2.05, 4.69) is 4.98 Å². The predicted molar refractivity (Wildman–Crippen MR) is 81.4 cm³/mol. The highest BCUT2D eigenvalue weighted by Crippen LogP contribution is 2.30. The minimum Gasteiger partial charge on any atom is -0.382 e. The fraction of sp³-hybridized carbons (Fsp3) is 0.214. The molecule has 0 spiro atoms. The van der Waals surface area contributed by atoms with Crippen molar-refractivity contribution in [3.63, 3.8) is 0 Å². The molecule has 0 aliphatic rings. The fourth-order valence-corrected chi connectivity index (χ4v) is 2.99. The van der Waals surface area contributed by atoms with Gasteiger partial charge in [-0.15, -0.1) is 0 Å². The first kappa shape index (κ1) is 15.7. The van der Waals surface area contributed by atoms with Gasteiger partial charge in [-0.25, -0.2) is 17.8 Å². The van der Waals surface area contributed by atoms with Crippen LogP contribution in [0, 0.1) is 5.82 Å². The van der Waals surface area contributed by atoms with E-state index in [9.17, 15) is 12.8 Å². The molecule has 1 heterocycles. The van der Waals surface area contributed by atoms with Crippen LogP contribution in [0.25, 0.3) is 11.1 Å². The first-order valence-corrected chi connectivity index (χ1v) is 8.11. The molecule has 0 aliphatic heterocycles. The lowest BCUT2D eigenvalue weighted by molar-refractivity contribution is 0.587. The van der Waals surface area contributed by atoms with Gasteiger partial charge in [-0.2, -0.15) is 0 Å². The molecule has 0 fully saturated rings. The molecule has 21 heavy (non-hydrogen) atoms. The van der Waals surface area contributed by atoms with Gasteiger partial charge >= 0.3 is 0 Å². The van der Waals surface area contributed by atoms with Crippen LogP contribution in [0.15, 0.2) is 35.4 Å². The van der Waals surface area contributed by atoms with E-state index in [0.717, 1.165) is 0 Å². The molecule has 2 rings (SSSR count). The quantitative estimate of drug-likeness (QED) is 0.938. The Hall–Kier alpha value is -1.66. The molecule has 4 nitrogen and oxygen atoms in total. The summed E-state index contributed by atoms with van der Waals surface area (Å²) in [5.41, 5.74) is 6.07. The number of hydrogen-bond acceptors (Lipinski definition) is 4. The smallest absolute Gasteiger partial charge is 0.180 e. The number of halogens is 2. The highest BCUT2D eigenvalue weighted by molar-refractivity contribution is 7.92. The number of nitrogens with zero attached hydrogens (tertiary/aromatic N) is 1. The van der Waals surface area contributed by atoms with Crippen LogP contribution in [0.5, 0.6) is 0 Å². The zero-order valence-corrected chi connectivity index (χ0v) is 13.0. The summed E-state index contributed by atoms with van der Waals surface area (Å²) >= 11 is 5.72. The Labute approximate surface area is 127 Å². The van der Waals surface area contributed by atoms with Crippen LogP contribution in [0.4, 0.5) is 10.2 Å². The van der Waals surface area contributed by atoms with Crippen LogP contribution in [-0.2, 0) is 9.84 Å². The maximum Gasteiger partial charge on any atom is 0.180 e. The van der Waals surface area contributed by atoms with E-state index in [1.54, 1.807) is 13.8 Å². The third-order valence-electron chi connectivity index (χ3n) is 3.10. The van der Waals surface area contributed by atoms with E-state index in [1.165, 1.54) is 30.5 Å². The SMILES string of the molecule is CC(C)S(=O)(=O)c1ccc(-c2cnc(N)c(Cl)c2F)cc1. The molecule has 0 radical (unpaired) electrons. The molecule has 2 N–H and O–H groups in total. The van der Waals surface area contributed by atoms with E-state index in [-0.39, 0.29) is 21.3 Å². The molecule has 0 saturated carbocycles. The summed E-state index contributed by atoms with van der Waals surface area (Å²) in [6, 6.07) is 5.91. The van der Waals surface area contributed by atoms with E-state index >= 15 is 0 Å². The van der Waals surface area contributed by atoms with Crippen LogP contribution in [-0.4, -0.2) is 18.7 Å². The van der Waals surface area contributed by atoms with Gasteiger partial charge in [0.25, 0.3) is 0 Å². The van der Waals surface area contributed by atoms with Crippen LogP contribution >= 0.6 is 11.6 Å². The van der Waals surface area contributed by atoms with E-state index < -0.39 is 20.9 Å². The van der Waals surface area contributed by atoms with Gasteiger partial charge in [0.1, 0.15) is 10.8 Å². The topological polar surface area (TPSA) is 73.0 Å². The van der Waals surface area contributed by atoms with Crippen molar-refractivity contribution in [1.82, 2.24) is 4.98 Å². The zero-order chi connectivity index (χ0) is 15.8. The Kier molecular flexibility index (Phi) is 4.20. The normalized spacial score (nSPS) is 11.9. The molecular formula is C14H14ClFN2O2S. The number of aromatic nitrogens is 1. The number of pyridine rings is 1.